The third kappa shape index (κ3) is 5.99. The van der Waals surface area contributed by atoms with Crippen LogP contribution >= 0.6 is 0 Å². The van der Waals surface area contributed by atoms with E-state index in [0.717, 1.165) is 37.0 Å². The van der Waals surface area contributed by atoms with Crippen molar-refractivity contribution in [3.63, 3.8) is 0 Å². The van der Waals surface area contributed by atoms with Gasteiger partial charge in [-0.1, -0.05) is 37.5 Å². The van der Waals surface area contributed by atoms with E-state index < -0.39 is 5.54 Å². The zero-order chi connectivity index (χ0) is 21.6. The molecule has 2 N–H and O–H groups in total. The van der Waals surface area contributed by atoms with Crippen LogP contribution in [0.3, 0.4) is 0 Å². The van der Waals surface area contributed by atoms with Gasteiger partial charge >= 0.3 is 0 Å². The van der Waals surface area contributed by atoms with Gasteiger partial charge in [-0.25, -0.2) is 0 Å². The summed E-state index contributed by atoms with van der Waals surface area (Å²) in [6.07, 6.45) is 10.3. The van der Waals surface area contributed by atoms with E-state index in [9.17, 15) is 9.59 Å². The normalized spacial score (nSPS) is 22.9. The molecule has 2 aliphatic rings. The fourth-order valence-corrected chi connectivity index (χ4v) is 5.08. The predicted molar refractivity (Wildman–Crippen MR) is 119 cm³/mol. The third-order valence-corrected chi connectivity index (χ3v) is 6.88. The SMILES string of the molecule is COc1ccccc1C(C)(C)NC(=O)C1CCC(NC(=O)CC2CCCCC2)CC1. The highest BCUT2D eigenvalue weighted by Gasteiger charge is 2.32. The molecule has 2 aliphatic carbocycles. The molecule has 0 bridgehead atoms. The topological polar surface area (TPSA) is 67.4 Å². The summed E-state index contributed by atoms with van der Waals surface area (Å²) < 4.78 is 5.47. The molecule has 2 saturated carbocycles. The molecule has 1 aromatic carbocycles. The van der Waals surface area contributed by atoms with E-state index in [1.807, 2.05) is 38.1 Å². The summed E-state index contributed by atoms with van der Waals surface area (Å²) in [5, 5.41) is 6.45. The molecule has 0 saturated heterocycles. The number of ether oxygens (including phenoxy) is 1. The van der Waals surface area contributed by atoms with Crippen molar-refractivity contribution in [2.45, 2.75) is 89.6 Å². The minimum atomic E-state index is -0.505. The summed E-state index contributed by atoms with van der Waals surface area (Å²) in [4.78, 5) is 25.3. The first kappa shape index (κ1) is 22.6. The number of benzene rings is 1. The molecule has 0 aliphatic heterocycles. The van der Waals surface area contributed by atoms with Gasteiger partial charge in [0.05, 0.1) is 12.6 Å². The zero-order valence-electron chi connectivity index (χ0n) is 18.8. The maximum Gasteiger partial charge on any atom is 0.223 e. The van der Waals surface area contributed by atoms with Gasteiger partial charge in [0.2, 0.25) is 11.8 Å². The summed E-state index contributed by atoms with van der Waals surface area (Å²) in [6, 6.07) is 8.03. The summed E-state index contributed by atoms with van der Waals surface area (Å²) in [5.74, 6) is 1.65. The fraction of sp³-hybridized carbons (Fsp3) is 0.680. The van der Waals surface area contributed by atoms with E-state index in [1.165, 1.54) is 32.1 Å². The first-order valence-corrected chi connectivity index (χ1v) is 11.6. The third-order valence-electron chi connectivity index (χ3n) is 6.88. The van der Waals surface area contributed by atoms with Gasteiger partial charge in [0.1, 0.15) is 5.75 Å². The van der Waals surface area contributed by atoms with Gasteiger partial charge in [-0.05, 0) is 64.4 Å². The Balaban J connectivity index is 1.46. The van der Waals surface area contributed by atoms with E-state index in [1.54, 1.807) is 7.11 Å². The van der Waals surface area contributed by atoms with Gasteiger partial charge in [0.25, 0.3) is 0 Å². The molecule has 0 unspecified atom stereocenters. The van der Waals surface area contributed by atoms with Gasteiger partial charge in [-0.2, -0.15) is 0 Å². The zero-order valence-corrected chi connectivity index (χ0v) is 18.8. The number of carbonyl (C=O) groups excluding carboxylic acids is 2. The highest BCUT2D eigenvalue weighted by molar-refractivity contribution is 5.80. The number of amides is 2. The maximum absolute atomic E-state index is 12.9. The highest BCUT2D eigenvalue weighted by Crippen LogP contribution is 2.32. The Hall–Kier alpha value is -2.04. The molecule has 0 radical (unpaired) electrons. The standard InChI is InChI=1S/C25H38N2O3/c1-25(2,21-11-7-8-12-22(21)30-3)27-24(29)19-13-15-20(16-14-19)26-23(28)17-18-9-5-4-6-10-18/h7-8,11-12,18-20H,4-6,9-10,13-17H2,1-3H3,(H,26,28)(H,27,29). The molecule has 2 fully saturated rings. The van der Waals surface area contributed by atoms with Gasteiger partial charge in [-0.15, -0.1) is 0 Å². The summed E-state index contributed by atoms with van der Waals surface area (Å²) in [5.41, 5.74) is 0.471. The van der Waals surface area contributed by atoms with Crippen LogP contribution < -0.4 is 15.4 Å². The van der Waals surface area contributed by atoms with E-state index in [0.29, 0.717) is 12.3 Å². The monoisotopic (exact) mass is 414 g/mol. The van der Waals surface area contributed by atoms with Crippen molar-refractivity contribution < 1.29 is 14.3 Å². The first-order valence-electron chi connectivity index (χ1n) is 11.6. The molecule has 3 rings (SSSR count). The molecule has 166 valence electrons. The van der Waals surface area contributed by atoms with Crippen LogP contribution in [0, 0.1) is 11.8 Å². The molecule has 5 heteroatoms. The van der Waals surface area contributed by atoms with Gasteiger partial charge in [-0.3, -0.25) is 9.59 Å². The van der Waals surface area contributed by atoms with Crippen molar-refractivity contribution >= 4 is 11.8 Å². The van der Waals surface area contributed by atoms with Crippen molar-refractivity contribution in [2.75, 3.05) is 7.11 Å². The smallest absolute Gasteiger partial charge is 0.223 e. The van der Waals surface area contributed by atoms with Crippen molar-refractivity contribution in [3.8, 4) is 5.75 Å². The van der Waals surface area contributed by atoms with Crippen LogP contribution in [0.5, 0.6) is 5.75 Å². The summed E-state index contributed by atoms with van der Waals surface area (Å²) in [7, 11) is 1.65. The number of nitrogens with one attached hydrogen (secondary N) is 2. The van der Waals surface area contributed by atoms with E-state index in [-0.39, 0.29) is 23.8 Å². The number of hydrogen-bond acceptors (Lipinski definition) is 3. The van der Waals surface area contributed by atoms with Gasteiger partial charge in [0.15, 0.2) is 0 Å². The first-order chi connectivity index (χ1) is 14.4. The Morgan fingerprint density at radius 3 is 2.33 bits per heavy atom. The van der Waals surface area contributed by atoms with Crippen LogP contribution in [-0.2, 0) is 15.1 Å². The van der Waals surface area contributed by atoms with E-state index in [2.05, 4.69) is 10.6 Å². The fourth-order valence-electron chi connectivity index (χ4n) is 5.08. The number of methoxy groups -OCH3 is 1. The lowest BCUT2D eigenvalue weighted by Crippen LogP contribution is -2.46. The second-order valence-electron chi connectivity index (χ2n) is 9.64. The van der Waals surface area contributed by atoms with Crippen molar-refractivity contribution in [1.29, 1.82) is 0 Å². The summed E-state index contributed by atoms with van der Waals surface area (Å²) >= 11 is 0. The lowest BCUT2D eigenvalue weighted by Gasteiger charge is -2.33. The van der Waals surface area contributed by atoms with Crippen LogP contribution in [0.1, 0.15) is 83.6 Å². The number of rotatable bonds is 7. The molecule has 5 nitrogen and oxygen atoms in total. The average molecular weight is 415 g/mol. The lowest BCUT2D eigenvalue weighted by molar-refractivity contribution is -0.128. The quantitative estimate of drug-likeness (QED) is 0.680. The lowest BCUT2D eigenvalue weighted by atomic mass is 9.83. The maximum atomic E-state index is 12.9. The van der Waals surface area contributed by atoms with Crippen LogP contribution in [0.2, 0.25) is 0 Å². The molecule has 0 aromatic heterocycles. The van der Waals surface area contributed by atoms with Crippen LogP contribution in [0.4, 0.5) is 0 Å². The van der Waals surface area contributed by atoms with Gasteiger partial charge in [0, 0.05) is 23.9 Å². The summed E-state index contributed by atoms with van der Waals surface area (Å²) in [6.45, 7) is 4.03. The van der Waals surface area contributed by atoms with Crippen molar-refractivity contribution in [1.82, 2.24) is 10.6 Å². The molecule has 30 heavy (non-hydrogen) atoms. The van der Waals surface area contributed by atoms with Crippen LogP contribution in [-0.4, -0.2) is 25.0 Å². The minimum Gasteiger partial charge on any atom is -0.496 e. The Labute approximate surface area is 181 Å². The highest BCUT2D eigenvalue weighted by atomic mass is 16.5. The van der Waals surface area contributed by atoms with Crippen LogP contribution in [0.15, 0.2) is 24.3 Å². The Bertz CT molecular complexity index is 717. The Morgan fingerprint density at radius 1 is 1.00 bits per heavy atom. The van der Waals surface area contributed by atoms with Crippen LogP contribution in [0.25, 0.3) is 0 Å². The molecule has 0 heterocycles. The van der Waals surface area contributed by atoms with Crippen molar-refractivity contribution in [2.24, 2.45) is 11.8 Å². The number of hydrogen-bond donors (Lipinski definition) is 2. The number of para-hydroxylation sites is 1. The molecule has 0 spiro atoms. The molecular weight excluding hydrogens is 376 g/mol. The molecule has 1 aromatic rings. The minimum absolute atomic E-state index is 0.00507. The number of carbonyl (C=O) groups is 2. The second kappa shape index (κ2) is 10.3. The van der Waals surface area contributed by atoms with E-state index in [4.69, 9.17) is 4.74 Å². The average Bonchev–Trinajstić information content (AvgIpc) is 2.74. The molecular formula is C25H38N2O3. The molecule has 0 atom stereocenters. The largest absolute Gasteiger partial charge is 0.496 e. The van der Waals surface area contributed by atoms with Gasteiger partial charge < -0.3 is 15.4 Å². The van der Waals surface area contributed by atoms with E-state index >= 15 is 0 Å². The van der Waals surface area contributed by atoms with Crippen molar-refractivity contribution in [3.05, 3.63) is 29.8 Å². The Morgan fingerprint density at radius 2 is 1.67 bits per heavy atom. The molecule has 2 amide bonds. The second-order valence-corrected chi connectivity index (χ2v) is 9.64. The Kier molecular flexibility index (Phi) is 7.79. The predicted octanol–water partition coefficient (Wildman–Crippen LogP) is 4.69.